The summed E-state index contributed by atoms with van der Waals surface area (Å²) < 4.78 is 0. The number of nitrogens with zero attached hydrogens (tertiary/aromatic N) is 3. The predicted molar refractivity (Wildman–Crippen MR) is 223 cm³/mol. The average molecular weight is 698 g/mol. The number of hydrogen-bond acceptors (Lipinski definition) is 2. The minimum absolute atomic E-state index is 0.0215. The van der Waals surface area contributed by atoms with Gasteiger partial charge in [0.25, 0.3) is 0 Å². The van der Waals surface area contributed by atoms with Gasteiger partial charge in [-0.15, -0.1) is 0 Å². The molecule has 0 aromatic heterocycles. The molecule has 0 radical (unpaired) electrons. The smallest absolute Gasteiger partial charge is 0.147 e. The number of rotatable bonds is 10. The first-order valence-electron chi connectivity index (χ1n) is 17.6. The molecule has 1 fully saturated rings. The zero-order chi connectivity index (χ0) is 34.7. The van der Waals surface area contributed by atoms with Crippen molar-refractivity contribution in [1.82, 2.24) is 0 Å². The van der Waals surface area contributed by atoms with E-state index in [1.54, 1.807) is 0 Å². The lowest BCUT2D eigenvalue weighted by atomic mass is 9.87. The van der Waals surface area contributed by atoms with E-state index in [9.17, 15) is 0 Å². The van der Waals surface area contributed by atoms with Crippen molar-refractivity contribution in [2.24, 2.45) is 9.98 Å². The van der Waals surface area contributed by atoms with Crippen molar-refractivity contribution in [3.8, 4) is 6.07 Å². The summed E-state index contributed by atoms with van der Waals surface area (Å²) in [5, 5.41) is 7.93. The summed E-state index contributed by atoms with van der Waals surface area (Å²) >= 11 is 0. The Balaban J connectivity index is 1.22. The molecular weight excluding hydrogens is 656 g/mol. The van der Waals surface area contributed by atoms with Crippen LogP contribution in [-0.4, -0.2) is 24.5 Å². The van der Waals surface area contributed by atoms with Crippen LogP contribution in [0.1, 0.15) is 37.3 Å². The largest absolute Gasteiger partial charge is 0.288 e. The topological polar surface area (TPSA) is 29.1 Å². The maximum atomic E-state index is 5.33. The molecule has 2 unspecified atom stereocenters. The summed E-state index contributed by atoms with van der Waals surface area (Å²) in [6.07, 6.45) is 6.79. The lowest BCUT2D eigenvalue weighted by Crippen LogP contribution is -2.31. The van der Waals surface area contributed by atoms with Gasteiger partial charge in [-0.3, -0.25) is 9.98 Å². The van der Waals surface area contributed by atoms with E-state index in [2.05, 4.69) is 193 Å². The van der Waals surface area contributed by atoms with Gasteiger partial charge in [0.1, 0.15) is 6.04 Å². The summed E-state index contributed by atoms with van der Waals surface area (Å²) in [7, 11) is -1.51. The molecular formula is C46H41N3P2. The van der Waals surface area contributed by atoms with Gasteiger partial charge in [-0.25, -0.2) is 4.85 Å². The minimum atomic E-state index is -0.760. The third-order valence-electron chi connectivity index (χ3n) is 9.11. The monoisotopic (exact) mass is 697 g/mol. The van der Waals surface area contributed by atoms with E-state index in [0.29, 0.717) is 0 Å². The van der Waals surface area contributed by atoms with Crippen LogP contribution >= 0.6 is 15.8 Å². The Labute approximate surface area is 305 Å². The maximum Gasteiger partial charge on any atom is 0.147 e. The van der Waals surface area contributed by atoms with Crippen LogP contribution < -0.4 is 31.8 Å². The van der Waals surface area contributed by atoms with Gasteiger partial charge in [0.2, 0.25) is 0 Å². The molecule has 0 spiro atoms. The van der Waals surface area contributed by atoms with Gasteiger partial charge in [-0.05, 0) is 67.4 Å². The maximum absolute atomic E-state index is 5.33. The highest BCUT2D eigenvalue weighted by molar-refractivity contribution is 7.80. The highest BCUT2D eigenvalue weighted by Gasteiger charge is 2.31. The lowest BCUT2D eigenvalue weighted by Gasteiger charge is -2.28. The second-order valence-electron chi connectivity index (χ2n) is 12.5. The Morgan fingerprint density at radius 2 is 0.902 bits per heavy atom. The SMILES string of the molecule is CC#[N+][C-]1CCC(N=Cc2ccccc2P(c2ccccc2)c2ccccc2)C(N=Cc2ccccc2P(c2ccccc2)c2ccccc2)C1. The first-order valence-corrected chi connectivity index (χ1v) is 20.2. The van der Waals surface area contributed by atoms with Crippen LogP contribution in [-0.2, 0) is 0 Å². The molecule has 0 amide bonds. The van der Waals surface area contributed by atoms with E-state index in [0.717, 1.165) is 36.4 Å². The van der Waals surface area contributed by atoms with Crippen molar-refractivity contribution in [3.05, 3.63) is 192 Å². The molecule has 0 heterocycles. The standard InChI is InChI=1S/C46H41N3P2/c1-2-47-38-31-32-43(48-34-36-19-15-17-29-45(36)50(39-21-7-3-8-22-39)40-23-9-4-10-24-40)44(33-38)49-35-37-20-16-18-30-46(37)51(41-25-11-5-12-26-41)42-27-13-6-14-28-42/h3-30,34-35,43-44H,31-33H2,1H3. The second-order valence-corrected chi connectivity index (χ2v) is 16.8. The zero-order valence-electron chi connectivity index (χ0n) is 28.8. The molecule has 1 saturated carbocycles. The molecule has 250 valence electrons. The fourth-order valence-corrected chi connectivity index (χ4v) is 11.5. The van der Waals surface area contributed by atoms with Crippen LogP contribution in [0, 0.1) is 12.1 Å². The lowest BCUT2D eigenvalue weighted by molar-refractivity contribution is 0.424. The molecule has 6 aromatic rings. The first kappa shape index (κ1) is 34.3. The van der Waals surface area contributed by atoms with E-state index in [1.807, 2.05) is 6.92 Å². The van der Waals surface area contributed by atoms with Crippen molar-refractivity contribution < 1.29 is 0 Å². The van der Waals surface area contributed by atoms with Crippen molar-refractivity contribution in [2.45, 2.75) is 38.3 Å². The van der Waals surface area contributed by atoms with Crippen molar-refractivity contribution in [2.75, 3.05) is 0 Å². The quantitative estimate of drug-likeness (QED) is 0.0781. The fraction of sp³-hybridized carbons (Fsp3) is 0.130. The molecule has 0 aliphatic heterocycles. The molecule has 0 saturated heterocycles. The van der Waals surface area contributed by atoms with Gasteiger partial charge in [0.05, 0.1) is 12.1 Å². The Hall–Kier alpha value is -5.12. The van der Waals surface area contributed by atoms with Gasteiger partial charge in [-0.2, -0.15) is 0 Å². The Bertz CT molecular complexity index is 2040. The third kappa shape index (κ3) is 8.44. The van der Waals surface area contributed by atoms with Gasteiger partial charge >= 0.3 is 0 Å². The molecule has 5 heteroatoms. The number of hydrogen-bond donors (Lipinski definition) is 0. The van der Waals surface area contributed by atoms with Crippen LogP contribution in [0.2, 0.25) is 0 Å². The Morgan fingerprint density at radius 3 is 1.31 bits per heavy atom. The van der Waals surface area contributed by atoms with Crippen molar-refractivity contribution >= 4 is 60.1 Å². The predicted octanol–water partition coefficient (Wildman–Crippen LogP) is 8.55. The first-order chi connectivity index (χ1) is 25.3. The molecule has 2 atom stereocenters. The van der Waals surface area contributed by atoms with E-state index in [4.69, 9.17) is 9.98 Å². The Morgan fingerprint density at radius 1 is 0.529 bits per heavy atom. The normalized spacial score (nSPS) is 16.1. The fourth-order valence-electron chi connectivity index (χ4n) is 6.69. The summed E-state index contributed by atoms with van der Waals surface area (Å²) in [4.78, 5) is 15.3. The van der Waals surface area contributed by atoms with Crippen LogP contribution in [0.3, 0.4) is 0 Å². The highest BCUT2D eigenvalue weighted by Crippen LogP contribution is 2.36. The highest BCUT2D eigenvalue weighted by atomic mass is 31.1. The second kappa shape index (κ2) is 17.2. The van der Waals surface area contributed by atoms with E-state index in [-0.39, 0.29) is 12.1 Å². The molecule has 1 aliphatic rings. The molecule has 3 nitrogen and oxygen atoms in total. The summed E-state index contributed by atoms with van der Waals surface area (Å²) in [5.41, 5.74) is 2.31. The minimum Gasteiger partial charge on any atom is -0.288 e. The van der Waals surface area contributed by atoms with Crippen LogP contribution in [0.4, 0.5) is 0 Å². The van der Waals surface area contributed by atoms with Gasteiger partial charge in [0, 0.05) is 36.0 Å². The van der Waals surface area contributed by atoms with Gasteiger partial charge in [-0.1, -0.05) is 170 Å². The van der Waals surface area contributed by atoms with Gasteiger partial charge < -0.3 is 0 Å². The molecule has 6 aromatic carbocycles. The molecule has 51 heavy (non-hydrogen) atoms. The number of benzene rings is 6. The van der Waals surface area contributed by atoms with Crippen molar-refractivity contribution in [1.29, 1.82) is 0 Å². The summed E-state index contributed by atoms with van der Waals surface area (Å²) in [5.74, 6) is 0. The number of aliphatic imine (C=N–C) groups is 2. The van der Waals surface area contributed by atoms with Crippen molar-refractivity contribution in [3.63, 3.8) is 0 Å². The molecule has 0 bridgehead atoms. The molecule has 7 rings (SSSR count). The van der Waals surface area contributed by atoms with Crippen LogP contribution in [0.5, 0.6) is 0 Å². The van der Waals surface area contributed by atoms with Crippen LogP contribution in [0.15, 0.2) is 180 Å². The van der Waals surface area contributed by atoms with E-state index in [1.165, 1.54) is 31.8 Å². The zero-order valence-corrected chi connectivity index (χ0v) is 30.6. The average Bonchev–Trinajstić information content (AvgIpc) is 3.20. The molecule has 0 N–H and O–H groups in total. The van der Waals surface area contributed by atoms with Crippen LogP contribution in [0.25, 0.3) is 4.85 Å². The Kier molecular flexibility index (Phi) is 11.6. The van der Waals surface area contributed by atoms with Gasteiger partial charge in [0.15, 0.2) is 0 Å². The summed E-state index contributed by atoms with van der Waals surface area (Å²) in [6.45, 7) is 1.87. The summed E-state index contributed by atoms with van der Waals surface area (Å²) in [6, 6.07) is 65.1. The third-order valence-corrected chi connectivity index (χ3v) is 14.1. The van der Waals surface area contributed by atoms with E-state index >= 15 is 0 Å². The molecule has 1 aliphatic carbocycles. The van der Waals surface area contributed by atoms with E-state index < -0.39 is 15.8 Å².